The van der Waals surface area contributed by atoms with Gasteiger partial charge in [0.2, 0.25) is 0 Å². The minimum Gasteiger partial charge on any atom is -0.503 e. The lowest BCUT2D eigenvalue weighted by atomic mass is 9.70. The van der Waals surface area contributed by atoms with Crippen LogP contribution in [-0.4, -0.2) is 39.9 Å². The number of ketones is 1. The van der Waals surface area contributed by atoms with Crippen LogP contribution in [0.15, 0.2) is 52.5 Å². The third-order valence-corrected chi connectivity index (χ3v) is 7.80. The van der Waals surface area contributed by atoms with Crippen LogP contribution in [0.2, 0.25) is 0 Å². The van der Waals surface area contributed by atoms with Gasteiger partial charge in [-0.1, -0.05) is 19.9 Å². The van der Waals surface area contributed by atoms with Gasteiger partial charge in [0, 0.05) is 18.9 Å². The van der Waals surface area contributed by atoms with Gasteiger partial charge in [0.15, 0.2) is 23.0 Å². The number of carbonyl (C=O) groups is 2. The van der Waals surface area contributed by atoms with E-state index in [0.29, 0.717) is 21.5 Å². The van der Waals surface area contributed by atoms with Crippen LogP contribution in [-0.2, 0) is 20.9 Å². The Balaban J connectivity index is 1.64. The third kappa shape index (κ3) is 3.68. The zero-order chi connectivity index (χ0) is 24.1. The summed E-state index contributed by atoms with van der Waals surface area (Å²) in [6, 6.07) is 6.46. The standard InChI is InChI=1S/C26H27BrN2O5/c1-13-7-14(2)24-17(8-13)22(30)20-21(16-9-18(27)23(31)19(10-16)33-3)29(26(32)25(20)34-24)12-15-5-4-6-28-11-15/h4-6,9-11,13-14,17,21,24,31H,7-8,12H2,1-3H3. The number of pyridine rings is 1. The Labute approximate surface area is 206 Å². The van der Waals surface area contributed by atoms with Crippen molar-refractivity contribution in [2.24, 2.45) is 17.8 Å². The number of rotatable bonds is 4. The molecule has 2 aliphatic heterocycles. The molecule has 1 amide bonds. The van der Waals surface area contributed by atoms with Crippen LogP contribution in [0.3, 0.4) is 0 Å². The van der Waals surface area contributed by atoms with E-state index in [1.807, 2.05) is 12.1 Å². The Kier molecular flexibility index (Phi) is 5.88. The van der Waals surface area contributed by atoms with E-state index in [-0.39, 0.29) is 53.4 Å². The number of hydrogen-bond acceptors (Lipinski definition) is 6. The molecule has 5 unspecified atom stereocenters. The predicted molar refractivity (Wildman–Crippen MR) is 128 cm³/mol. The van der Waals surface area contributed by atoms with Crippen LogP contribution in [0.1, 0.15) is 43.9 Å². The molecule has 1 aliphatic carbocycles. The first-order valence-electron chi connectivity index (χ1n) is 11.5. The summed E-state index contributed by atoms with van der Waals surface area (Å²) in [5.41, 5.74) is 1.91. The van der Waals surface area contributed by atoms with Gasteiger partial charge >= 0.3 is 0 Å². The summed E-state index contributed by atoms with van der Waals surface area (Å²) in [5, 5.41) is 10.4. The second-order valence-electron chi connectivity index (χ2n) is 9.60. The number of methoxy groups -OCH3 is 1. The van der Waals surface area contributed by atoms with Crippen molar-refractivity contribution < 1.29 is 24.2 Å². The molecule has 3 aliphatic rings. The van der Waals surface area contributed by atoms with Crippen molar-refractivity contribution in [2.75, 3.05) is 7.11 Å². The fourth-order valence-electron chi connectivity index (χ4n) is 5.73. The van der Waals surface area contributed by atoms with Crippen molar-refractivity contribution in [2.45, 2.75) is 45.4 Å². The number of Topliss-reactive ketones (excluding diaryl/α,β-unsaturated/α-hetero) is 1. The summed E-state index contributed by atoms with van der Waals surface area (Å²) in [6.07, 6.45) is 4.82. The number of benzene rings is 1. The molecule has 34 heavy (non-hydrogen) atoms. The average Bonchev–Trinajstić information content (AvgIpc) is 3.09. The number of fused-ring (bicyclic) bond motifs is 1. The summed E-state index contributed by atoms with van der Waals surface area (Å²) >= 11 is 3.39. The number of aromatic hydroxyl groups is 1. The van der Waals surface area contributed by atoms with E-state index in [9.17, 15) is 14.7 Å². The Hall–Kier alpha value is -2.87. The van der Waals surface area contributed by atoms with Crippen molar-refractivity contribution in [3.8, 4) is 11.5 Å². The molecule has 3 heterocycles. The van der Waals surface area contributed by atoms with E-state index < -0.39 is 6.04 Å². The molecule has 1 saturated carbocycles. The van der Waals surface area contributed by atoms with E-state index in [4.69, 9.17) is 9.47 Å². The van der Waals surface area contributed by atoms with Crippen molar-refractivity contribution in [3.63, 3.8) is 0 Å². The smallest absolute Gasteiger partial charge is 0.290 e. The fourth-order valence-corrected chi connectivity index (χ4v) is 6.19. The first-order valence-corrected chi connectivity index (χ1v) is 12.3. The van der Waals surface area contributed by atoms with Gasteiger partial charge in [-0.25, -0.2) is 0 Å². The molecule has 0 spiro atoms. The second kappa shape index (κ2) is 8.73. The summed E-state index contributed by atoms with van der Waals surface area (Å²) in [6.45, 7) is 4.53. The van der Waals surface area contributed by atoms with Crippen molar-refractivity contribution in [3.05, 3.63) is 63.6 Å². The number of phenols is 1. The molecule has 5 atom stereocenters. The highest BCUT2D eigenvalue weighted by atomic mass is 79.9. The lowest BCUT2D eigenvalue weighted by molar-refractivity contribution is -0.139. The summed E-state index contributed by atoms with van der Waals surface area (Å²) in [4.78, 5) is 33.5. The molecule has 0 radical (unpaired) electrons. The molecule has 5 rings (SSSR count). The van der Waals surface area contributed by atoms with Crippen LogP contribution >= 0.6 is 15.9 Å². The average molecular weight is 527 g/mol. The molecule has 8 heteroatoms. The number of carbonyl (C=O) groups excluding carboxylic acids is 2. The maximum Gasteiger partial charge on any atom is 0.290 e. The lowest BCUT2D eigenvalue weighted by Crippen LogP contribution is -2.45. The fraction of sp³-hybridized carbons (Fsp3) is 0.423. The van der Waals surface area contributed by atoms with E-state index in [0.717, 1.165) is 18.4 Å². The van der Waals surface area contributed by atoms with Crippen LogP contribution < -0.4 is 4.74 Å². The third-order valence-electron chi connectivity index (χ3n) is 7.19. The molecular formula is C26H27BrN2O5. The van der Waals surface area contributed by atoms with Crippen LogP contribution in [0.5, 0.6) is 11.5 Å². The van der Waals surface area contributed by atoms with E-state index in [1.165, 1.54) is 7.11 Å². The van der Waals surface area contributed by atoms with Gasteiger partial charge in [-0.05, 0) is 69.9 Å². The van der Waals surface area contributed by atoms with Crippen molar-refractivity contribution >= 4 is 27.6 Å². The SMILES string of the molecule is COc1cc(C2C3=C(OC4C(C)CC(C)CC4C3=O)C(=O)N2Cc2cccnc2)cc(Br)c1O. The number of amides is 1. The molecular weight excluding hydrogens is 500 g/mol. The van der Waals surface area contributed by atoms with Gasteiger partial charge in [0.25, 0.3) is 5.91 Å². The van der Waals surface area contributed by atoms with E-state index in [1.54, 1.807) is 29.4 Å². The molecule has 1 aromatic carbocycles. The second-order valence-corrected chi connectivity index (χ2v) is 10.5. The van der Waals surface area contributed by atoms with Gasteiger partial charge in [0.05, 0.1) is 29.1 Å². The molecule has 1 aromatic heterocycles. The Morgan fingerprint density at radius 2 is 2.06 bits per heavy atom. The number of phenolic OH excluding ortho intramolecular Hbond substituents is 1. The van der Waals surface area contributed by atoms with Gasteiger partial charge in [-0.2, -0.15) is 0 Å². The minimum absolute atomic E-state index is 0.0140. The van der Waals surface area contributed by atoms with Crippen molar-refractivity contribution in [1.82, 2.24) is 9.88 Å². The quantitative estimate of drug-likeness (QED) is 0.628. The monoisotopic (exact) mass is 526 g/mol. The Morgan fingerprint density at radius 3 is 2.76 bits per heavy atom. The van der Waals surface area contributed by atoms with Crippen molar-refractivity contribution in [1.29, 1.82) is 0 Å². The van der Waals surface area contributed by atoms with Gasteiger partial charge in [0.1, 0.15) is 6.10 Å². The topological polar surface area (TPSA) is 89.0 Å². The van der Waals surface area contributed by atoms with Gasteiger partial charge < -0.3 is 19.5 Å². The molecule has 178 valence electrons. The van der Waals surface area contributed by atoms with E-state index >= 15 is 0 Å². The van der Waals surface area contributed by atoms with E-state index in [2.05, 4.69) is 34.8 Å². The van der Waals surface area contributed by atoms with Crippen LogP contribution in [0.25, 0.3) is 0 Å². The largest absolute Gasteiger partial charge is 0.503 e. The molecule has 1 fully saturated rings. The normalized spacial score (nSPS) is 28.5. The Morgan fingerprint density at radius 1 is 1.26 bits per heavy atom. The first-order chi connectivity index (χ1) is 16.3. The molecule has 7 nitrogen and oxygen atoms in total. The number of hydrogen-bond donors (Lipinski definition) is 1. The molecule has 0 bridgehead atoms. The number of halogens is 1. The first kappa shape index (κ1) is 22.9. The lowest BCUT2D eigenvalue weighted by Gasteiger charge is -2.41. The van der Waals surface area contributed by atoms with Crippen LogP contribution in [0.4, 0.5) is 0 Å². The number of ether oxygens (including phenoxy) is 2. The molecule has 2 aromatic rings. The van der Waals surface area contributed by atoms with Gasteiger partial charge in [-0.3, -0.25) is 14.6 Å². The zero-order valence-corrected chi connectivity index (χ0v) is 20.9. The predicted octanol–water partition coefficient (Wildman–Crippen LogP) is 4.55. The highest BCUT2D eigenvalue weighted by Crippen LogP contribution is 2.50. The van der Waals surface area contributed by atoms with Gasteiger partial charge in [-0.15, -0.1) is 0 Å². The number of aromatic nitrogens is 1. The molecule has 1 N–H and O–H groups in total. The molecule has 0 saturated heterocycles. The highest BCUT2D eigenvalue weighted by Gasteiger charge is 2.54. The minimum atomic E-state index is -0.658. The summed E-state index contributed by atoms with van der Waals surface area (Å²) < 4.78 is 12.1. The zero-order valence-electron chi connectivity index (χ0n) is 19.3. The van der Waals surface area contributed by atoms with Crippen LogP contribution in [0, 0.1) is 17.8 Å². The maximum atomic E-state index is 13.9. The number of nitrogens with zero attached hydrogens (tertiary/aromatic N) is 2. The Bertz CT molecular complexity index is 1180. The summed E-state index contributed by atoms with van der Waals surface area (Å²) in [5.74, 6) is 0.394. The highest BCUT2D eigenvalue weighted by molar-refractivity contribution is 9.10. The maximum absolute atomic E-state index is 13.9. The summed E-state index contributed by atoms with van der Waals surface area (Å²) in [7, 11) is 1.47.